The van der Waals surface area contributed by atoms with Crippen molar-refractivity contribution >= 4 is 11.8 Å². The number of carbonyl (C=O) groups is 2. The van der Waals surface area contributed by atoms with Gasteiger partial charge in [-0.15, -0.1) is 0 Å². The van der Waals surface area contributed by atoms with E-state index in [0.29, 0.717) is 6.54 Å². The number of aryl methyl sites for hydroxylation is 1. The van der Waals surface area contributed by atoms with Crippen molar-refractivity contribution in [1.82, 2.24) is 4.90 Å². The van der Waals surface area contributed by atoms with Gasteiger partial charge in [-0.25, -0.2) is 0 Å². The predicted octanol–water partition coefficient (Wildman–Crippen LogP) is 0.481. The number of amides is 2. The second-order valence-electron chi connectivity index (χ2n) is 3.83. The highest BCUT2D eigenvalue weighted by Crippen LogP contribution is 2.04. The number of rotatable bonds is 3. The molecule has 0 heterocycles. The zero-order valence-corrected chi connectivity index (χ0v) is 9.56. The molecule has 1 aromatic rings. The molecule has 4 nitrogen and oxygen atoms in total. The van der Waals surface area contributed by atoms with Crippen LogP contribution in [0.5, 0.6) is 0 Å². The maximum Gasteiger partial charge on any atom is 0.311 e. The van der Waals surface area contributed by atoms with Crippen LogP contribution in [0.4, 0.5) is 0 Å². The number of likely N-dealkylation sites (N-methyl/N-ethyl adjacent to an activating group) is 1. The number of nitrogens with zero attached hydrogens (tertiary/aromatic N) is 1. The first-order valence-electron chi connectivity index (χ1n) is 5.11. The Hall–Kier alpha value is -1.84. The summed E-state index contributed by atoms with van der Waals surface area (Å²) >= 11 is 0. The van der Waals surface area contributed by atoms with Crippen LogP contribution in [0.3, 0.4) is 0 Å². The number of nitrogens with two attached hydrogens (primary N) is 1. The Morgan fingerprint density at radius 3 is 2.31 bits per heavy atom. The zero-order valence-electron chi connectivity index (χ0n) is 9.56. The fourth-order valence-electron chi connectivity index (χ4n) is 1.34. The van der Waals surface area contributed by atoms with E-state index < -0.39 is 11.8 Å². The first-order valence-corrected chi connectivity index (χ1v) is 5.11. The molecule has 0 bridgehead atoms. The van der Waals surface area contributed by atoms with Crippen LogP contribution in [0.15, 0.2) is 24.3 Å². The molecule has 0 saturated heterocycles. The van der Waals surface area contributed by atoms with E-state index in [1.54, 1.807) is 7.05 Å². The highest BCUT2D eigenvalue weighted by Gasteiger charge is 2.13. The summed E-state index contributed by atoms with van der Waals surface area (Å²) in [6.45, 7) is 2.51. The number of hydrogen-bond acceptors (Lipinski definition) is 2. The fourth-order valence-corrected chi connectivity index (χ4v) is 1.34. The van der Waals surface area contributed by atoms with Gasteiger partial charge in [-0.05, 0) is 18.9 Å². The summed E-state index contributed by atoms with van der Waals surface area (Å²) < 4.78 is 0. The van der Waals surface area contributed by atoms with Crippen LogP contribution in [0, 0.1) is 6.92 Å². The Labute approximate surface area is 95.0 Å². The molecule has 0 unspecified atom stereocenters. The lowest BCUT2D eigenvalue weighted by atomic mass is 10.1. The summed E-state index contributed by atoms with van der Waals surface area (Å²) in [7, 11) is 1.57. The zero-order chi connectivity index (χ0) is 12.1. The highest BCUT2D eigenvalue weighted by molar-refractivity contribution is 6.34. The molecule has 0 aliphatic rings. The maximum atomic E-state index is 11.2. The molecule has 0 fully saturated rings. The molecule has 2 amide bonds. The predicted molar refractivity (Wildman–Crippen MR) is 61.7 cm³/mol. The van der Waals surface area contributed by atoms with Crippen molar-refractivity contribution in [3.05, 3.63) is 35.4 Å². The fraction of sp³-hybridized carbons (Fsp3) is 0.333. The SMILES string of the molecule is Cc1ccc(CCN(C)C(=O)C(N)=O)cc1. The van der Waals surface area contributed by atoms with Gasteiger partial charge in [0.05, 0.1) is 0 Å². The number of primary amides is 1. The summed E-state index contributed by atoms with van der Waals surface area (Å²) in [5, 5.41) is 0. The molecule has 0 aliphatic carbocycles. The van der Waals surface area contributed by atoms with Crippen LogP contribution in [-0.4, -0.2) is 30.3 Å². The minimum Gasteiger partial charge on any atom is -0.361 e. The smallest absolute Gasteiger partial charge is 0.311 e. The van der Waals surface area contributed by atoms with Gasteiger partial charge in [0.15, 0.2) is 0 Å². The van der Waals surface area contributed by atoms with Crippen LogP contribution >= 0.6 is 0 Å². The van der Waals surface area contributed by atoms with E-state index >= 15 is 0 Å². The Bertz CT molecular complexity index is 385. The molecule has 2 N–H and O–H groups in total. The van der Waals surface area contributed by atoms with Crippen molar-refractivity contribution in [3.63, 3.8) is 0 Å². The largest absolute Gasteiger partial charge is 0.361 e. The van der Waals surface area contributed by atoms with E-state index in [2.05, 4.69) is 0 Å². The molecule has 0 aliphatic heterocycles. The van der Waals surface area contributed by atoms with Crippen LogP contribution in [0.1, 0.15) is 11.1 Å². The molecule has 0 saturated carbocycles. The van der Waals surface area contributed by atoms with E-state index in [0.717, 1.165) is 12.0 Å². The number of hydrogen-bond donors (Lipinski definition) is 1. The van der Waals surface area contributed by atoms with Gasteiger partial charge in [0.2, 0.25) is 0 Å². The van der Waals surface area contributed by atoms with Crippen LogP contribution in [0.25, 0.3) is 0 Å². The molecule has 0 radical (unpaired) electrons. The molecule has 0 spiro atoms. The average Bonchev–Trinajstić information content (AvgIpc) is 2.26. The second kappa shape index (κ2) is 5.30. The molecule has 0 aromatic heterocycles. The van der Waals surface area contributed by atoms with E-state index in [1.165, 1.54) is 10.5 Å². The molecule has 1 aromatic carbocycles. The first-order chi connectivity index (χ1) is 7.50. The van der Waals surface area contributed by atoms with Crippen LogP contribution < -0.4 is 5.73 Å². The van der Waals surface area contributed by atoms with E-state index in [-0.39, 0.29) is 0 Å². The molecule has 0 atom stereocenters. The average molecular weight is 220 g/mol. The highest BCUT2D eigenvalue weighted by atomic mass is 16.2. The van der Waals surface area contributed by atoms with Gasteiger partial charge in [-0.1, -0.05) is 29.8 Å². The molecule has 1 rings (SSSR count). The topological polar surface area (TPSA) is 63.4 Å². The Morgan fingerprint density at radius 1 is 1.25 bits per heavy atom. The van der Waals surface area contributed by atoms with Gasteiger partial charge < -0.3 is 10.6 Å². The van der Waals surface area contributed by atoms with Crippen molar-refractivity contribution in [2.45, 2.75) is 13.3 Å². The van der Waals surface area contributed by atoms with Gasteiger partial charge in [0.1, 0.15) is 0 Å². The van der Waals surface area contributed by atoms with E-state index in [1.807, 2.05) is 31.2 Å². The minimum absolute atomic E-state index is 0.491. The number of benzene rings is 1. The van der Waals surface area contributed by atoms with Crippen molar-refractivity contribution in [3.8, 4) is 0 Å². The lowest BCUT2D eigenvalue weighted by Gasteiger charge is -2.14. The monoisotopic (exact) mass is 220 g/mol. The van der Waals surface area contributed by atoms with E-state index in [9.17, 15) is 9.59 Å². The van der Waals surface area contributed by atoms with Crippen LogP contribution in [0.2, 0.25) is 0 Å². The van der Waals surface area contributed by atoms with Gasteiger partial charge in [0.25, 0.3) is 0 Å². The first kappa shape index (κ1) is 12.2. The van der Waals surface area contributed by atoms with Crippen molar-refractivity contribution in [2.75, 3.05) is 13.6 Å². The summed E-state index contributed by atoms with van der Waals surface area (Å²) in [6, 6.07) is 8.06. The third-order valence-corrected chi connectivity index (χ3v) is 2.41. The molecule has 4 heteroatoms. The third-order valence-electron chi connectivity index (χ3n) is 2.41. The summed E-state index contributed by atoms with van der Waals surface area (Å²) in [5.74, 6) is -1.56. The third kappa shape index (κ3) is 3.38. The summed E-state index contributed by atoms with van der Waals surface area (Å²) in [5.41, 5.74) is 7.23. The molecule has 86 valence electrons. The molecular weight excluding hydrogens is 204 g/mol. The minimum atomic E-state index is -0.911. The lowest BCUT2D eigenvalue weighted by molar-refractivity contribution is -0.143. The van der Waals surface area contributed by atoms with Crippen LogP contribution in [-0.2, 0) is 16.0 Å². The van der Waals surface area contributed by atoms with Gasteiger partial charge in [-0.3, -0.25) is 9.59 Å². The Morgan fingerprint density at radius 2 is 1.81 bits per heavy atom. The Balaban J connectivity index is 2.48. The maximum absolute atomic E-state index is 11.2. The quantitative estimate of drug-likeness (QED) is 0.753. The Kier molecular flexibility index (Phi) is 4.05. The van der Waals surface area contributed by atoms with Gasteiger partial charge in [-0.2, -0.15) is 0 Å². The van der Waals surface area contributed by atoms with Gasteiger partial charge >= 0.3 is 11.8 Å². The van der Waals surface area contributed by atoms with Crippen molar-refractivity contribution in [1.29, 1.82) is 0 Å². The standard InChI is InChI=1S/C12H16N2O2/c1-9-3-5-10(6-4-9)7-8-14(2)12(16)11(13)15/h3-6H,7-8H2,1-2H3,(H2,13,15). The molecular formula is C12H16N2O2. The van der Waals surface area contributed by atoms with Crippen molar-refractivity contribution in [2.24, 2.45) is 5.73 Å². The van der Waals surface area contributed by atoms with E-state index in [4.69, 9.17) is 5.73 Å². The molecule has 16 heavy (non-hydrogen) atoms. The normalized spacial score (nSPS) is 9.88. The second-order valence-corrected chi connectivity index (χ2v) is 3.83. The number of carbonyl (C=O) groups excluding carboxylic acids is 2. The van der Waals surface area contributed by atoms with Gasteiger partial charge in [0, 0.05) is 13.6 Å². The summed E-state index contributed by atoms with van der Waals surface area (Å²) in [6.07, 6.45) is 0.718. The summed E-state index contributed by atoms with van der Waals surface area (Å²) in [4.78, 5) is 23.1. The lowest BCUT2D eigenvalue weighted by Crippen LogP contribution is -2.38. The van der Waals surface area contributed by atoms with Crippen molar-refractivity contribution < 1.29 is 9.59 Å².